The number of carbonyl (C=O) groups excluding carboxylic acids is 1. The van der Waals surface area contributed by atoms with Crippen LogP contribution in [0.4, 0.5) is 8.78 Å². The van der Waals surface area contributed by atoms with Crippen LogP contribution in [-0.2, 0) is 4.79 Å². The lowest BCUT2D eigenvalue weighted by atomic mass is 9.86. The first-order valence-electron chi connectivity index (χ1n) is 6.20. The molecule has 1 amide bonds. The Morgan fingerprint density at radius 3 is 2.74 bits per heavy atom. The average molecular weight is 281 g/mol. The molecule has 0 radical (unpaired) electrons. The van der Waals surface area contributed by atoms with E-state index in [1.54, 1.807) is 0 Å². The second-order valence-corrected chi connectivity index (χ2v) is 6.38. The first-order chi connectivity index (χ1) is 9.11. The summed E-state index contributed by atoms with van der Waals surface area (Å²) in [4.78, 5) is 13.2. The molecule has 2 bridgehead atoms. The van der Waals surface area contributed by atoms with Gasteiger partial charge in [0, 0.05) is 10.5 Å². The summed E-state index contributed by atoms with van der Waals surface area (Å²) in [5.41, 5.74) is 0.107. The number of halogens is 2. The number of amides is 1. The molecule has 1 aliphatic heterocycles. The fraction of sp³-hybridized carbons (Fsp3) is 0.357. The van der Waals surface area contributed by atoms with Gasteiger partial charge >= 0.3 is 0 Å². The lowest BCUT2D eigenvalue weighted by Crippen LogP contribution is -2.34. The Labute approximate surface area is 114 Å². The van der Waals surface area contributed by atoms with E-state index < -0.39 is 16.9 Å². The number of rotatable bonds is 2. The van der Waals surface area contributed by atoms with Crippen molar-refractivity contribution in [2.75, 3.05) is 0 Å². The zero-order valence-electron chi connectivity index (χ0n) is 10.2. The molecule has 1 saturated carbocycles. The van der Waals surface area contributed by atoms with E-state index in [2.05, 4.69) is 5.32 Å². The molecule has 2 nitrogen and oxygen atoms in total. The fourth-order valence-electron chi connectivity index (χ4n) is 2.78. The van der Waals surface area contributed by atoms with Crippen LogP contribution in [0.5, 0.6) is 0 Å². The van der Waals surface area contributed by atoms with Gasteiger partial charge in [-0.3, -0.25) is 4.79 Å². The Morgan fingerprint density at radius 2 is 2.05 bits per heavy atom. The number of fused-ring (bicyclic) bond motifs is 2. The van der Waals surface area contributed by atoms with Crippen LogP contribution in [0.1, 0.15) is 19.3 Å². The van der Waals surface area contributed by atoms with Crippen molar-refractivity contribution in [1.29, 1.82) is 0 Å². The highest BCUT2D eigenvalue weighted by Crippen LogP contribution is 2.49. The third-order valence-electron chi connectivity index (χ3n) is 3.77. The molecular formula is C14H13F2NOS. The molecule has 0 unspecified atom stereocenters. The van der Waals surface area contributed by atoms with E-state index >= 15 is 0 Å². The van der Waals surface area contributed by atoms with Crippen LogP contribution in [0.2, 0.25) is 0 Å². The molecule has 5 heteroatoms. The molecule has 1 aliphatic carbocycles. The van der Waals surface area contributed by atoms with Crippen molar-refractivity contribution in [3.05, 3.63) is 42.0 Å². The van der Waals surface area contributed by atoms with E-state index in [0.29, 0.717) is 19.3 Å². The van der Waals surface area contributed by atoms with Crippen molar-refractivity contribution in [1.82, 2.24) is 5.32 Å². The van der Waals surface area contributed by atoms with Gasteiger partial charge in [0.1, 0.15) is 4.75 Å². The first kappa shape index (κ1) is 12.7. The number of benzene rings is 1. The van der Waals surface area contributed by atoms with Gasteiger partial charge in [-0.15, -0.1) is 11.8 Å². The van der Waals surface area contributed by atoms with Crippen LogP contribution in [0.3, 0.4) is 0 Å². The molecule has 0 aromatic heterocycles. The van der Waals surface area contributed by atoms with Crippen LogP contribution in [0.25, 0.3) is 0 Å². The molecule has 0 spiro atoms. The SMILES string of the molecule is O=C1N[C@H]2C[C@]1(Sc1ccccc1)CCC2=C(F)F. The summed E-state index contributed by atoms with van der Waals surface area (Å²) >= 11 is 1.50. The second kappa shape index (κ2) is 4.63. The number of carbonyl (C=O) groups is 1. The highest BCUT2D eigenvalue weighted by Gasteiger charge is 2.52. The maximum Gasteiger partial charge on any atom is 0.271 e. The molecule has 3 rings (SSSR count). The fourth-order valence-corrected chi connectivity index (χ4v) is 4.13. The molecular weight excluding hydrogens is 268 g/mol. The molecule has 19 heavy (non-hydrogen) atoms. The summed E-state index contributed by atoms with van der Waals surface area (Å²) in [6, 6.07) is 9.15. The zero-order chi connectivity index (χ0) is 13.5. The third kappa shape index (κ3) is 2.16. The van der Waals surface area contributed by atoms with Gasteiger partial charge in [0.2, 0.25) is 5.91 Å². The number of hydrogen-bond acceptors (Lipinski definition) is 2. The predicted molar refractivity (Wildman–Crippen MR) is 70.1 cm³/mol. The smallest absolute Gasteiger partial charge is 0.271 e. The molecule has 1 heterocycles. The Hall–Kier alpha value is -1.36. The Morgan fingerprint density at radius 1 is 1.32 bits per heavy atom. The molecule has 2 aliphatic rings. The van der Waals surface area contributed by atoms with Gasteiger partial charge < -0.3 is 5.32 Å². The number of hydrogen-bond donors (Lipinski definition) is 1. The van der Waals surface area contributed by atoms with Gasteiger partial charge in [0.05, 0.1) is 6.04 Å². The van der Waals surface area contributed by atoms with E-state index in [4.69, 9.17) is 0 Å². The van der Waals surface area contributed by atoms with E-state index in [9.17, 15) is 13.6 Å². The van der Waals surface area contributed by atoms with E-state index in [0.717, 1.165) is 4.90 Å². The average Bonchev–Trinajstić information content (AvgIpc) is 2.62. The molecule has 2 atom stereocenters. The van der Waals surface area contributed by atoms with Crippen LogP contribution in [-0.4, -0.2) is 16.7 Å². The van der Waals surface area contributed by atoms with Gasteiger partial charge in [-0.25, -0.2) is 0 Å². The Bertz CT molecular complexity index is 542. The van der Waals surface area contributed by atoms with Crippen molar-refractivity contribution in [3.63, 3.8) is 0 Å². The summed E-state index contributed by atoms with van der Waals surface area (Å²) in [7, 11) is 0. The predicted octanol–water partition coefficient (Wildman–Crippen LogP) is 3.35. The topological polar surface area (TPSA) is 29.1 Å². The molecule has 100 valence electrons. The van der Waals surface area contributed by atoms with Crippen molar-refractivity contribution in [3.8, 4) is 0 Å². The summed E-state index contributed by atoms with van der Waals surface area (Å²) in [5.74, 6) is -0.109. The van der Waals surface area contributed by atoms with Gasteiger partial charge in [-0.1, -0.05) is 18.2 Å². The van der Waals surface area contributed by atoms with Crippen molar-refractivity contribution in [2.24, 2.45) is 0 Å². The Balaban J connectivity index is 1.87. The van der Waals surface area contributed by atoms with E-state index in [1.165, 1.54) is 11.8 Å². The quantitative estimate of drug-likeness (QED) is 0.900. The van der Waals surface area contributed by atoms with Crippen LogP contribution in [0, 0.1) is 0 Å². The Kier molecular flexibility index (Phi) is 3.09. The maximum atomic E-state index is 12.8. The lowest BCUT2D eigenvalue weighted by molar-refractivity contribution is -0.121. The van der Waals surface area contributed by atoms with Gasteiger partial charge in [-0.05, 0) is 31.4 Å². The summed E-state index contributed by atoms with van der Waals surface area (Å²) < 4.78 is 25.0. The van der Waals surface area contributed by atoms with E-state index in [-0.39, 0.29) is 11.5 Å². The molecule has 1 saturated heterocycles. The third-order valence-corrected chi connectivity index (χ3v) is 5.23. The number of thioether (sulfide) groups is 1. The molecule has 1 aromatic rings. The van der Waals surface area contributed by atoms with Gasteiger partial charge in [0.15, 0.2) is 0 Å². The largest absolute Gasteiger partial charge is 0.348 e. The zero-order valence-corrected chi connectivity index (χ0v) is 11.0. The molecule has 1 N–H and O–H groups in total. The minimum absolute atomic E-state index is 0.107. The van der Waals surface area contributed by atoms with Gasteiger partial charge in [-0.2, -0.15) is 8.78 Å². The highest BCUT2D eigenvalue weighted by atomic mass is 32.2. The van der Waals surface area contributed by atoms with Crippen LogP contribution >= 0.6 is 11.8 Å². The highest BCUT2D eigenvalue weighted by molar-refractivity contribution is 8.01. The van der Waals surface area contributed by atoms with Gasteiger partial charge in [0.25, 0.3) is 6.08 Å². The standard InChI is InChI=1S/C14H13F2NOS/c15-12(16)10-6-7-14(8-11(10)17-13(14)18)19-9-4-2-1-3-5-9/h1-5,11H,6-8H2,(H,17,18)/t11-,14+/m0/s1. The second-order valence-electron chi connectivity index (χ2n) is 4.93. The van der Waals surface area contributed by atoms with Crippen molar-refractivity contribution < 1.29 is 13.6 Å². The summed E-state index contributed by atoms with van der Waals surface area (Å²) in [6.07, 6.45) is -0.406. The summed E-state index contributed by atoms with van der Waals surface area (Å²) in [5, 5.41) is 2.71. The van der Waals surface area contributed by atoms with Crippen LogP contribution in [0.15, 0.2) is 46.9 Å². The maximum absolute atomic E-state index is 12.8. The van der Waals surface area contributed by atoms with Crippen LogP contribution < -0.4 is 5.32 Å². The van der Waals surface area contributed by atoms with Crippen molar-refractivity contribution in [2.45, 2.75) is 34.9 Å². The summed E-state index contributed by atoms with van der Waals surface area (Å²) in [6.45, 7) is 0. The van der Waals surface area contributed by atoms with E-state index in [1.807, 2.05) is 30.3 Å². The molecule has 1 aromatic carbocycles. The monoisotopic (exact) mass is 281 g/mol. The molecule has 2 fully saturated rings. The lowest BCUT2D eigenvalue weighted by Gasteiger charge is -2.30. The normalized spacial score (nSPS) is 29.3. The minimum Gasteiger partial charge on any atom is -0.348 e. The van der Waals surface area contributed by atoms with Crippen molar-refractivity contribution >= 4 is 17.7 Å². The minimum atomic E-state index is -1.63. The first-order valence-corrected chi connectivity index (χ1v) is 7.01. The number of nitrogens with one attached hydrogen (secondary N) is 1.